The largest absolute Gasteiger partial charge is 0.324 e. The highest BCUT2D eigenvalue weighted by Crippen LogP contribution is 2.70. The summed E-state index contributed by atoms with van der Waals surface area (Å²) in [5.41, 5.74) is 0.194. The first kappa shape index (κ1) is 21.0. The molecule has 2 nitrogen and oxygen atoms in total. The summed E-state index contributed by atoms with van der Waals surface area (Å²) in [6.07, 6.45) is 2.64. The highest BCUT2D eigenvalue weighted by atomic mass is 31.2. The Kier molecular flexibility index (Phi) is 5.09. The summed E-state index contributed by atoms with van der Waals surface area (Å²) in [5, 5.41) is 5.34. The van der Waals surface area contributed by atoms with E-state index in [4.69, 9.17) is 9.05 Å². The van der Waals surface area contributed by atoms with Crippen molar-refractivity contribution in [2.45, 2.75) is 45.3 Å². The smallest absolute Gasteiger partial charge is 0.206 e. The zero-order valence-corrected chi connectivity index (χ0v) is 20.7. The molecule has 2 bridgehead atoms. The lowest BCUT2D eigenvalue weighted by Gasteiger charge is -2.63. The van der Waals surface area contributed by atoms with Crippen LogP contribution in [0.5, 0.6) is 0 Å². The number of benzene rings is 3. The van der Waals surface area contributed by atoms with Crippen LogP contribution in [0.25, 0.3) is 0 Å². The van der Waals surface area contributed by atoms with Crippen LogP contribution in [0.3, 0.4) is 0 Å². The zero-order chi connectivity index (χ0) is 21.9. The van der Waals surface area contributed by atoms with Gasteiger partial charge in [0.25, 0.3) is 0 Å². The third kappa shape index (κ3) is 3.15. The standard InChI is InChI=1S/C28H30O2P2/c1-27(2)20-18-25(27)28(3)26(19-20)29-32(30-28)24-17-11-10-16-23(24)31(21-12-6-4-7-13-21)22-14-8-5-9-15-22/h4-17,20,25-26H,18-19H2,1-3H3/t20-,25-,26+,28-,32?/m1/s1. The van der Waals surface area contributed by atoms with Gasteiger partial charge in [-0.25, -0.2) is 0 Å². The van der Waals surface area contributed by atoms with Crippen molar-refractivity contribution < 1.29 is 9.05 Å². The fourth-order valence-electron chi connectivity index (χ4n) is 6.19. The summed E-state index contributed by atoms with van der Waals surface area (Å²) in [4.78, 5) is 0. The molecular weight excluding hydrogens is 430 g/mol. The Morgan fingerprint density at radius 1 is 0.781 bits per heavy atom. The lowest BCUT2D eigenvalue weighted by atomic mass is 9.43. The van der Waals surface area contributed by atoms with Crippen molar-refractivity contribution in [2.75, 3.05) is 0 Å². The van der Waals surface area contributed by atoms with Gasteiger partial charge in [-0.3, -0.25) is 0 Å². The normalized spacial score (nSPS) is 32.4. The van der Waals surface area contributed by atoms with Crippen LogP contribution in [0.4, 0.5) is 0 Å². The van der Waals surface area contributed by atoms with Gasteiger partial charge in [0.15, 0.2) is 0 Å². The zero-order valence-electron chi connectivity index (χ0n) is 18.9. The van der Waals surface area contributed by atoms with Gasteiger partial charge in [-0.05, 0) is 66.9 Å². The van der Waals surface area contributed by atoms with Crippen molar-refractivity contribution in [1.29, 1.82) is 0 Å². The fourth-order valence-corrected chi connectivity index (χ4v) is 10.9. The lowest BCUT2D eigenvalue weighted by molar-refractivity contribution is -0.199. The van der Waals surface area contributed by atoms with Crippen LogP contribution in [-0.4, -0.2) is 11.7 Å². The molecule has 0 aromatic heterocycles. The molecule has 1 heterocycles. The van der Waals surface area contributed by atoms with Crippen LogP contribution < -0.4 is 21.2 Å². The Morgan fingerprint density at radius 2 is 1.38 bits per heavy atom. The Bertz CT molecular complexity index is 1080. The SMILES string of the molecule is CC1(C)[C@H]2C[C@@H]3OP(c4ccccc4P(c4ccccc4)c4ccccc4)O[C@]3(C)[C@@H]1C2. The highest BCUT2D eigenvalue weighted by molar-refractivity contribution is 7.81. The molecule has 3 aromatic carbocycles. The first-order valence-corrected chi connectivity index (χ1v) is 14.2. The summed E-state index contributed by atoms with van der Waals surface area (Å²) in [5.74, 6) is 1.35. The molecule has 3 aliphatic carbocycles. The minimum Gasteiger partial charge on any atom is -0.324 e. The van der Waals surface area contributed by atoms with Gasteiger partial charge in [-0.15, -0.1) is 0 Å². The minimum atomic E-state index is -1.10. The molecule has 1 saturated heterocycles. The third-order valence-corrected chi connectivity index (χ3v) is 12.6. The molecule has 3 aromatic rings. The number of hydrogen-bond donors (Lipinski definition) is 0. The van der Waals surface area contributed by atoms with E-state index in [9.17, 15) is 0 Å². The number of hydrogen-bond acceptors (Lipinski definition) is 2. The van der Waals surface area contributed by atoms with E-state index in [1.807, 2.05) is 0 Å². The topological polar surface area (TPSA) is 18.5 Å². The molecule has 4 aliphatic rings. The van der Waals surface area contributed by atoms with Gasteiger partial charge in [-0.2, -0.15) is 0 Å². The average molecular weight is 460 g/mol. The van der Waals surface area contributed by atoms with Gasteiger partial charge < -0.3 is 9.05 Å². The van der Waals surface area contributed by atoms with Crippen molar-refractivity contribution >= 4 is 37.5 Å². The van der Waals surface area contributed by atoms with E-state index in [1.165, 1.54) is 27.6 Å². The minimum absolute atomic E-state index is 0.167. The van der Waals surface area contributed by atoms with Gasteiger partial charge in [0, 0.05) is 5.30 Å². The Labute approximate surface area is 194 Å². The summed E-state index contributed by atoms with van der Waals surface area (Å²) in [6.45, 7) is 7.17. The molecule has 4 heteroatoms. The van der Waals surface area contributed by atoms with Gasteiger partial charge >= 0.3 is 0 Å². The molecule has 0 radical (unpaired) electrons. The van der Waals surface area contributed by atoms with E-state index < -0.39 is 16.3 Å². The van der Waals surface area contributed by atoms with Gasteiger partial charge in [0.05, 0.1) is 6.10 Å². The molecule has 4 fully saturated rings. The van der Waals surface area contributed by atoms with Crippen molar-refractivity contribution in [3.8, 4) is 0 Å². The van der Waals surface area contributed by atoms with Crippen LogP contribution in [0.15, 0.2) is 84.9 Å². The second-order valence-corrected chi connectivity index (χ2v) is 13.7. The first-order valence-electron chi connectivity index (χ1n) is 11.6. The molecule has 32 heavy (non-hydrogen) atoms. The molecule has 0 N–H and O–H groups in total. The summed E-state index contributed by atoms with van der Waals surface area (Å²) < 4.78 is 13.7. The monoisotopic (exact) mass is 460 g/mol. The van der Waals surface area contributed by atoms with Crippen LogP contribution in [-0.2, 0) is 9.05 Å². The third-order valence-electron chi connectivity index (χ3n) is 8.15. The van der Waals surface area contributed by atoms with Crippen molar-refractivity contribution in [3.05, 3.63) is 84.9 Å². The van der Waals surface area contributed by atoms with E-state index in [0.717, 1.165) is 12.3 Å². The molecule has 1 unspecified atom stereocenters. The predicted octanol–water partition coefficient (Wildman–Crippen LogP) is 5.62. The Hall–Kier alpha value is -1.56. The Balaban J connectivity index is 1.42. The van der Waals surface area contributed by atoms with Gasteiger partial charge in [0.1, 0.15) is 5.60 Å². The second-order valence-electron chi connectivity index (χ2n) is 10.2. The molecule has 5 atom stereocenters. The van der Waals surface area contributed by atoms with E-state index >= 15 is 0 Å². The predicted molar refractivity (Wildman–Crippen MR) is 136 cm³/mol. The molecule has 0 amide bonds. The lowest BCUT2D eigenvalue weighted by Crippen LogP contribution is -2.65. The van der Waals surface area contributed by atoms with Crippen LogP contribution in [0.1, 0.15) is 33.6 Å². The Morgan fingerprint density at radius 3 is 2.00 bits per heavy atom. The molecule has 164 valence electrons. The maximum absolute atomic E-state index is 6.94. The van der Waals surface area contributed by atoms with Crippen molar-refractivity contribution in [3.63, 3.8) is 0 Å². The second kappa shape index (κ2) is 7.75. The van der Waals surface area contributed by atoms with E-state index in [2.05, 4.69) is 106 Å². The van der Waals surface area contributed by atoms with E-state index in [1.54, 1.807) is 0 Å². The maximum Gasteiger partial charge on any atom is 0.206 e. The average Bonchev–Trinajstić information content (AvgIpc) is 3.18. The number of rotatable bonds is 4. The molecular formula is C28H30O2P2. The molecule has 1 aliphatic heterocycles. The van der Waals surface area contributed by atoms with Gasteiger partial charge in [-0.1, -0.05) is 92.7 Å². The van der Waals surface area contributed by atoms with Crippen LogP contribution in [0, 0.1) is 17.3 Å². The molecule has 7 rings (SSSR count). The quantitative estimate of drug-likeness (QED) is 0.471. The van der Waals surface area contributed by atoms with Gasteiger partial charge in [0.2, 0.25) is 8.38 Å². The highest BCUT2D eigenvalue weighted by Gasteiger charge is 2.68. The van der Waals surface area contributed by atoms with E-state index in [-0.39, 0.29) is 11.7 Å². The molecule has 3 saturated carbocycles. The first-order chi connectivity index (χ1) is 15.5. The van der Waals surface area contributed by atoms with Crippen molar-refractivity contribution in [1.82, 2.24) is 0 Å². The fraction of sp³-hybridized carbons (Fsp3) is 0.357. The summed E-state index contributed by atoms with van der Waals surface area (Å²) in [6, 6.07) is 30.7. The maximum atomic E-state index is 6.94. The van der Waals surface area contributed by atoms with Crippen molar-refractivity contribution in [2.24, 2.45) is 17.3 Å². The molecule has 0 spiro atoms. The van der Waals surface area contributed by atoms with Crippen LogP contribution >= 0.6 is 16.3 Å². The summed E-state index contributed by atoms with van der Waals surface area (Å²) >= 11 is 0. The van der Waals surface area contributed by atoms with Crippen LogP contribution in [0.2, 0.25) is 0 Å². The van der Waals surface area contributed by atoms with E-state index in [0.29, 0.717) is 11.3 Å². The summed E-state index contributed by atoms with van der Waals surface area (Å²) in [7, 11) is -1.78.